The van der Waals surface area contributed by atoms with Gasteiger partial charge < -0.3 is 10.6 Å². The molecule has 2 amide bonds. The van der Waals surface area contributed by atoms with Gasteiger partial charge in [0, 0.05) is 44.0 Å². The Balaban J connectivity index is 1.24. The first-order chi connectivity index (χ1) is 15.1. The van der Waals surface area contributed by atoms with Gasteiger partial charge in [0.25, 0.3) is 5.91 Å². The Labute approximate surface area is 186 Å². The van der Waals surface area contributed by atoms with E-state index >= 15 is 0 Å². The predicted molar refractivity (Wildman–Crippen MR) is 124 cm³/mol. The molecular weight excluding hydrogens is 410 g/mol. The highest BCUT2D eigenvalue weighted by Crippen LogP contribution is 2.23. The number of carbonyl (C=O) groups excluding carboxylic acids is 2. The van der Waals surface area contributed by atoms with Gasteiger partial charge in [-0.2, -0.15) is 0 Å². The molecule has 31 heavy (non-hydrogen) atoms. The summed E-state index contributed by atoms with van der Waals surface area (Å²) in [6.07, 6.45) is 0. The van der Waals surface area contributed by atoms with Crippen LogP contribution in [0.3, 0.4) is 0 Å². The molecule has 1 aliphatic rings. The van der Waals surface area contributed by atoms with Crippen LogP contribution in [0.2, 0.25) is 0 Å². The van der Waals surface area contributed by atoms with Crippen LogP contribution >= 0.6 is 11.3 Å². The predicted octanol–water partition coefficient (Wildman–Crippen LogP) is 2.80. The van der Waals surface area contributed by atoms with E-state index in [1.807, 2.05) is 19.1 Å². The number of carbonyl (C=O) groups is 2. The summed E-state index contributed by atoms with van der Waals surface area (Å²) in [5.74, 6) is -0.199. The second-order valence-corrected chi connectivity index (χ2v) is 8.73. The van der Waals surface area contributed by atoms with Crippen molar-refractivity contribution >= 4 is 39.1 Å². The quantitative estimate of drug-likeness (QED) is 0.594. The van der Waals surface area contributed by atoms with Gasteiger partial charge in [0.05, 0.1) is 23.3 Å². The molecule has 2 aromatic carbocycles. The number of fused-ring (bicyclic) bond motifs is 1. The van der Waals surface area contributed by atoms with Gasteiger partial charge in [0.2, 0.25) is 5.91 Å². The number of nitrogens with one attached hydrogen (secondary N) is 2. The molecule has 7 nitrogen and oxygen atoms in total. The first kappa shape index (κ1) is 21.4. The van der Waals surface area contributed by atoms with Gasteiger partial charge in [-0.3, -0.25) is 19.4 Å². The lowest BCUT2D eigenvalue weighted by Crippen LogP contribution is -2.48. The molecule has 8 heteroatoms. The van der Waals surface area contributed by atoms with Crippen molar-refractivity contribution in [3.05, 3.63) is 59.1 Å². The van der Waals surface area contributed by atoms with Crippen molar-refractivity contribution in [1.29, 1.82) is 0 Å². The molecule has 1 aliphatic heterocycles. The Morgan fingerprint density at radius 3 is 2.58 bits per heavy atom. The monoisotopic (exact) mass is 437 g/mol. The molecule has 0 bridgehead atoms. The lowest BCUT2D eigenvalue weighted by molar-refractivity contribution is -0.117. The van der Waals surface area contributed by atoms with Crippen molar-refractivity contribution in [3.63, 3.8) is 0 Å². The topological polar surface area (TPSA) is 77.6 Å². The lowest BCUT2D eigenvalue weighted by atomic mass is 10.2. The van der Waals surface area contributed by atoms with Crippen molar-refractivity contribution in [2.24, 2.45) is 0 Å². The molecule has 0 spiro atoms. The number of hydrogen-bond donors (Lipinski definition) is 2. The number of para-hydroxylation sites is 1. The fourth-order valence-electron chi connectivity index (χ4n) is 3.69. The zero-order valence-electron chi connectivity index (χ0n) is 17.6. The van der Waals surface area contributed by atoms with E-state index in [2.05, 4.69) is 32.6 Å². The van der Waals surface area contributed by atoms with Gasteiger partial charge in [-0.05, 0) is 37.3 Å². The van der Waals surface area contributed by atoms with Crippen LogP contribution in [0.5, 0.6) is 0 Å². The molecule has 1 saturated heterocycles. The second kappa shape index (κ2) is 10.00. The smallest absolute Gasteiger partial charge is 0.251 e. The van der Waals surface area contributed by atoms with E-state index in [0.717, 1.165) is 43.2 Å². The van der Waals surface area contributed by atoms with E-state index in [1.165, 1.54) is 4.70 Å². The van der Waals surface area contributed by atoms with Gasteiger partial charge >= 0.3 is 0 Å². The van der Waals surface area contributed by atoms with Crippen LogP contribution in [-0.4, -0.2) is 65.9 Å². The van der Waals surface area contributed by atoms with Gasteiger partial charge in [-0.15, -0.1) is 11.3 Å². The zero-order chi connectivity index (χ0) is 21.6. The highest BCUT2D eigenvalue weighted by molar-refractivity contribution is 7.18. The third-order valence-electron chi connectivity index (χ3n) is 5.28. The van der Waals surface area contributed by atoms with Crippen molar-refractivity contribution in [3.8, 4) is 0 Å². The maximum absolute atomic E-state index is 12.5. The normalized spacial score (nSPS) is 15.1. The lowest BCUT2D eigenvalue weighted by Gasteiger charge is -2.33. The van der Waals surface area contributed by atoms with Crippen LogP contribution in [0.1, 0.15) is 22.3 Å². The molecule has 0 saturated carbocycles. The van der Waals surface area contributed by atoms with Crippen LogP contribution in [-0.2, 0) is 11.3 Å². The van der Waals surface area contributed by atoms with Crippen LogP contribution in [0.4, 0.5) is 5.69 Å². The van der Waals surface area contributed by atoms with E-state index in [0.29, 0.717) is 24.3 Å². The maximum atomic E-state index is 12.5. The molecule has 2 N–H and O–H groups in total. The summed E-state index contributed by atoms with van der Waals surface area (Å²) in [6, 6.07) is 15.3. The summed E-state index contributed by atoms with van der Waals surface area (Å²) in [6.45, 7) is 7.16. The number of hydrogen-bond acceptors (Lipinski definition) is 6. The second-order valence-electron chi connectivity index (χ2n) is 7.62. The molecule has 162 valence electrons. The van der Waals surface area contributed by atoms with Gasteiger partial charge in [-0.1, -0.05) is 18.2 Å². The largest absolute Gasteiger partial charge is 0.352 e. The molecule has 0 radical (unpaired) electrons. The number of amides is 2. The molecule has 4 rings (SSSR count). The number of thiazole rings is 1. The van der Waals surface area contributed by atoms with Crippen LogP contribution < -0.4 is 10.6 Å². The molecule has 3 aromatic rings. The highest BCUT2D eigenvalue weighted by atomic mass is 32.1. The number of anilines is 1. The number of piperazine rings is 1. The van der Waals surface area contributed by atoms with Crippen molar-refractivity contribution in [2.75, 3.05) is 44.6 Å². The maximum Gasteiger partial charge on any atom is 0.251 e. The molecule has 1 fully saturated rings. The average Bonchev–Trinajstić information content (AvgIpc) is 3.18. The molecular formula is C23H27N5O2S. The van der Waals surface area contributed by atoms with E-state index in [-0.39, 0.29) is 11.8 Å². The summed E-state index contributed by atoms with van der Waals surface area (Å²) in [5, 5.41) is 6.82. The Hall–Kier alpha value is -2.81. The molecule has 2 heterocycles. The minimum atomic E-state index is -0.136. The van der Waals surface area contributed by atoms with E-state index < -0.39 is 0 Å². The molecule has 0 unspecified atom stereocenters. The number of nitrogens with zero attached hydrogens (tertiary/aromatic N) is 3. The summed E-state index contributed by atoms with van der Waals surface area (Å²) in [4.78, 5) is 33.7. The van der Waals surface area contributed by atoms with Gasteiger partial charge in [0.15, 0.2) is 0 Å². The third kappa shape index (κ3) is 5.66. The highest BCUT2D eigenvalue weighted by Gasteiger charge is 2.20. The zero-order valence-corrected chi connectivity index (χ0v) is 18.5. The minimum Gasteiger partial charge on any atom is -0.352 e. The van der Waals surface area contributed by atoms with Gasteiger partial charge in [0.1, 0.15) is 5.01 Å². The van der Waals surface area contributed by atoms with E-state index in [9.17, 15) is 9.59 Å². The summed E-state index contributed by atoms with van der Waals surface area (Å²) in [7, 11) is 0. The summed E-state index contributed by atoms with van der Waals surface area (Å²) in [5.41, 5.74) is 2.25. The molecule has 0 aliphatic carbocycles. The number of aromatic nitrogens is 1. The minimum absolute atomic E-state index is 0.0623. The Morgan fingerprint density at radius 1 is 1.03 bits per heavy atom. The van der Waals surface area contributed by atoms with Gasteiger partial charge in [-0.25, -0.2) is 4.98 Å². The van der Waals surface area contributed by atoms with Crippen molar-refractivity contribution < 1.29 is 9.59 Å². The summed E-state index contributed by atoms with van der Waals surface area (Å²) < 4.78 is 1.23. The van der Waals surface area contributed by atoms with E-state index in [1.54, 1.807) is 35.6 Å². The van der Waals surface area contributed by atoms with E-state index in [4.69, 9.17) is 4.98 Å². The van der Waals surface area contributed by atoms with Crippen LogP contribution in [0.25, 0.3) is 10.2 Å². The Kier molecular flexibility index (Phi) is 6.91. The van der Waals surface area contributed by atoms with Crippen LogP contribution in [0.15, 0.2) is 48.5 Å². The Bertz CT molecular complexity index is 1030. The SMILES string of the molecule is CCNC(=O)c1cccc(NC(=O)CN2CCN(Cc3nc4ccccc4s3)CC2)c1. The summed E-state index contributed by atoms with van der Waals surface area (Å²) >= 11 is 1.75. The standard InChI is InChI=1S/C23H27N5O2S/c1-2-24-23(30)17-6-5-7-18(14-17)25-21(29)15-27-10-12-28(13-11-27)16-22-26-19-8-3-4-9-20(19)31-22/h3-9,14H,2,10-13,15-16H2,1H3,(H,24,30)(H,25,29). The molecule has 0 atom stereocenters. The fourth-order valence-corrected chi connectivity index (χ4v) is 4.70. The Morgan fingerprint density at radius 2 is 1.81 bits per heavy atom. The number of benzene rings is 2. The van der Waals surface area contributed by atoms with Crippen molar-refractivity contribution in [2.45, 2.75) is 13.5 Å². The number of rotatable bonds is 7. The third-order valence-corrected chi connectivity index (χ3v) is 6.30. The average molecular weight is 438 g/mol. The van der Waals surface area contributed by atoms with Crippen molar-refractivity contribution in [1.82, 2.24) is 20.1 Å². The fraction of sp³-hybridized carbons (Fsp3) is 0.348. The first-order valence-electron chi connectivity index (χ1n) is 10.6. The van der Waals surface area contributed by atoms with Crippen LogP contribution in [0, 0.1) is 0 Å². The molecule has 1 aromatic heterocycles. The first-order valence-corrected chi connectivity index (χ1v) is 11.4.